The molecule has 3 atom stereocenters. The second-order valence-corrected chi connectivity index (χ2v) is 8.67. The summed E-state index contributed by atoms with van der Waals surface area (Å²) >= 11 is 0. The van der Waals surface area contributed by atoms with E-state index in [1.54, 1.807) is 24.3 Å². The van der Waals surface area contributed by atoms with E-state index in [1.165, 1.54) is 12.1 Å². The lowest BCUT2D eigenvalue weighted by Gasteiger charge is -2.43. The van der Waals surface area contributed by atoms with Crippen LogP contribution in [-0.2, 0) is 6.18 Å². The number of rotatable bonds is 8. The molecule has 2 aliphatic heterocycles. The Bertz CT molecular complexity index is 936. The molecule has 0 amide bonds. The summed E-state index contributed by atoms with van der Waals surface area (Å²) in [6, 6.07) is 10.7. The molecule has 0 saturated carbocycles. The van der Waals surface area contributed by atoms with Gasteiger partial charge in [-0.1, -0.05) is 38.0 Å². The van der Waals surface area contributed by atoms with Crippen molar-refractivity contribution in [3.8, 4) is 17.2 Å². The van der Waals surface area contributed by atoms with Gasteiger partial charge in [0.25, 0.3) is 0 Å². The normalized spacial score (nSPS) is 23.0. The molecule has 8 heteroatoms. The summed E-state index contributed by atoms with van der Waals surface area (Å²) in [5.41, 5.74) is -0.0910. The van der Waals surface area contributed by atoms with Gasteiger partial charge in [0.1, 0.15) is 12.0 Å². The van der Waals surface area contributed by atoms with Crippen molar-refractivity contribution in [2.24, 2.45) is 5.92 Å². The van der Waals surface area contributed by atoms with E-state index < -0.39 is 18.0 Å². The number of alkyl halides is 3. The minimum atomic E-state index is -4.41. The summed E-state index contributed by atoms with van der Waals surface area (Å²) in [5, 5.41) is 11.2. The summed E-state index contributed by atoms with van der Waals surface area (Å²) in [6.07, 6.45) is -1.44. The second kappa shape index (κ2) is 10.2. The zero-order valence-corrected chi connectivity index (χ0v) is 18.7. The average Bonchev–Trinajstić information content (AvgIpc) is 3.27. The van der Waals surface area contributed by atoms with Gasteiger partial charge in [-0.15, -0.1) is 0 Å². The van der Waals surface area contributed by atoms with E-state index in [0.717, 1.165) is 31.9 Å². The van der Waals surface area contributed by atoms with Crippen LogP contribution in [0.3, 0.4) is 0 Å². The van der Waals surface area contributed by atoms with Crippen LogP contribution < -0.4 is 14.2 Å². The Balaban J connectivity index is 1.54. The third kappa shape index (κ3) is 5.55. The predicted octanol–water partition coefficient (Wildman–Crippen LogP) is 5.43. The van der Waals surface area contributed by atoms with E-state index in [-0.39, 0.29) is 25.2 Å². The smallest absolute Gasteiger partial charge is 0.416 e. The summed E-state index contributed by atoms with van der Waals surface area (Å²) in [4.78, 5) is 2.02. The molecule has 180 valence electrons. The van der Waals surface area contributed by atoms with Crippen molar-refractivity contribution in [1.82, 2.24) is 4.90 Å². The summed E-state index contributed by atoms with van der Waals surface area (Å²) in [7, 11) is 0. The van der Waals surface area contributed by atoms with Crippen LogP contribution in [0, 0.1) is 5.92 Å². The molecule has 2 aliphatic rings. The Morgan fingerprint density at radius 2 is 1.91 bits per heavy atom. The highest BCUT2D eigenvalue weighted by molar-refractivity contribution is 5.46. The van der Waals surface area contributed by atoms with Crippen molar-refractivity contribution in [2.75, 3.05) is 26.5 Å². The van der Waals surface area contributed by atoms with Gasteiger partial charge in [0.15, 0.2) is 11.5 Å². The average molecular weight is 466 g/mol. The standard InChI is InChI=1S/C25H30F3NO4/c1-2-3-4-11-29-12-10-20(17-6-5-7-18(13-17)25(26,27)28)21(24(29)30)15-31-19-8-9-22-23(14-19)33-16-32-22/h5-9,13-14,20-21,24,30H,2-4,10-12,15-16H2,1H3. The largest absolute Gasteiger partial charge is 0.493 e. The van der Waals surface area contributed by atoms with Gasteiger partial charge in [-0.2, -0.15) is 13.2 Å². The number of fused-ring (bicyclic) bond motifs is 1. The highest BCUT2D eigenvalue weighted by atomic mass is 19.4. The fourth-order valence-electron chi connectivity index (χ4n) is 4.66. The number of likely N-dealkylation sites (tertiary alicyclic amines) is 1. The molecule has 0 spiro atoms. The first-order valence-corrected chi connectivity index (χ1v) is 11.5. The number of hydrogen-bond donors (Lipinski definition) is 1. The highest BCUT2D eigenvalue weighted by Crippen LogP contribution is 2.40. The van der Waals surface area contributed by atoms with Gasteiger partial charge in [-0.3, -0.25) is 4.90 Å². The molecule has 4 rings (SSSR count). The van der Waals surface area contributed by atoms with Crippen molar-refractivity contribution < 1.29 is 32.5 Å². The van der Waals surface area contributed by atoms with Crippen molar-refractivity contribution in [3.63, 3.8) is 0 Å². The van der Waals surface area contributed by atoms with Gasteiger partial charge in [0.2, 0.25) is 6.79 Å². The Hall–Kier alpha value is -2.45. The molecule has 2 heterocycles. The summed E-state index contributed by atoms with van der Waals surface area (Å²) < 4.78 is 56.7. The third-order valence-corrected chi connectivity index (χ3v) is 6.48. The van der Waals surface area contributed by atoms with Gasteiger partial charge >= 0.3 is 6.18 Å². The molecule has 3 unspecified atom stereocenters. The molecule has 0 radical (unpaired) electrons. The Kier molecular flexibility index (Phi) is 7.34. The van der Waals surface area contributed by atoms with Crippen molar-refractivity contribution in [1.29, 1.82) is 0 Å². The van der Waals surface area contributed by atoms with Crippen LogP contribution in [0.1, 0.15) is 49.7 Å². The number of unbranched alkanes of at least 4 members (excludes halogenated alkanes) is 2. The number of halogens is 3. The molecule has 1 saturated heterocycles. The van der Waals surface area contributed by atoms with Crippen LogP contribution in [0.2, 0.25) is 0 Å². The molecule has 2 aromatic rings. The first kappa shape index (κ1) is 23.7. The summed E-state index contributed by atoms with van der Waals surface area (Å²) in [5.74, 6) is 1.17. The van der Waals surface area contributed by atoms with Crippen molar-refractivity contribution in [2.45, 2.75) is 50.9 Å². The Morgan fingerprint density at radius 1 is 1.09 bits per heavy atom. The summed E-state index contributed by atoms with van der Waals surface area (Å²) in [6.45, 7) is 3.84. The molecular formula is C25H30F3NO4. The maximum Gasteiger partial charge on any atom is 0.416 e. The molecule has 0 aliphatic carbocycles. The maximum atomic E-state index is 13.3. The minimum absolute atomic E-state index is 0.157. The molecule has 33 heavy (non-hydrogen) atoms. The molecule has 0 bridgehead atoms. The van der Waals surface area contributed by atoms with Gasteiger partial charge in [0.05, 0.1) is 12.2 Å². The molecular weight excluding hydrogens is 435 g/mol. The van der Waals surface area contributed by atoms with Crippen LogP contribution >= 0.6 is 0 Å². The Labute approximate surface area is 192 Å². The fourth-order valence-corrected chi connectivity index (χ4v) is 4.66. The van der Waals surface area contributed by atoms with E-state index in [9.17, 15) is 18.3 Å². The van der Waals surface area contributed by atoms with Crippen LogP contribution in [-0.4, -0.2) is 42.7 Å². The van der Waals surface area contributed by atoms with Crippen molar-refractivity contribution in [3.05, 3.63) is 53.6 Å². The quantitative estimate of drug-likeness (QED) is 0.527. The number of benzene rings is 2. The Morgan fingerprint density at radius 3 is 2.70 bits per heavy atom. The van der Waals surface area contributed by atoms with Gasteiger partial charge in [0, 0.05) is 25.1 Å². The molecule has 5 nitrogen and oxygen atoms in total. The number of hydrogen-bond acceptors (Lipinski definition) is 5. The van der Waals surface area contributed by atoms with Crippen LogP contribution in [0.5, 0.6) is 17.2 Å². The van der Waals surface area contributed by atoms with Crippen LogP contribution in [0.25, 0.3) is 0 Å². The lowest BCUT2D eigenvalue weighted by atomic mass is 9.79. The van der Waals surface area contributed by atoms with Gasteiger partial charge in [-0.05, 0) is 42.5 Å². The lowest BCUT2D eigenvalue weighted by molar-refractivity contribution is -0.137. The number of piperidine rings is 1. The van der Waals surface area contributed by atoms with Crippen LogP contribution in [0.15, 0.2) is 42.5 Å². The predicted molar refractivity (Wildman–Crippen MR) is 117 cm³/mol. The first-order valence-electron chi connectivity index (χ1n) is 11.5. The van der Waals surface area contributed by atoms with Crippen LogP contribution in [0.4, 0.5) is 13.2 Å². The molecule has 1 fully saturated rings. The molecule has 2 aromatic carbocycles. The van der Waals surface area contributed by atoms with E-state index in [1.807, 2.05) is 4.90 Å². The number of nitrogens with zero attached hydrogens (tertiary/aromatic N) is 1. The molecule has 1 N–H and O–H groups in total. The topological polar surface area (TPSA) is 51.2 Å². The van der Waals surface area contributed by atoms with Crippen molar-refractivity contribution >= 4 is 0 Å². The highest BCUT2D eigenvalue weighted by Gasteiger charge is 2.39. The number of ether oxygens (including phenoxy) is 3. The first-order chi connectivity index (χ1) is 15.9. The zero-order chi connectivity index (χ0) is 23.4. The fraction of sp³-hybridized carbons (Fsp3) is 0.520. The van der Waals surface area contributed by atoms with E-state index in [0.29, 0.717) is 35.8 Å². The maximum absolute atomic E-state index is 13.3. The molecule has 0 aromatic heterocycles. The monoisotopic (exact) mass is 465 g/mol. The second-order valence-electron chi connectivity index (χ2n) is 8.67. The number of aliphatic hydroxyl groups is 1. The zero-order valence-electron chi connectivity index (χ0n) is 18.7. The lowest BCUT2D eigenvalue weighted by Crippen LogP contribution is -2.50. The third-order valence-electron chi connectivity index (χ3n) is 6.48. The van der Waals surface area contributed by atoms with E-state index in [2.05, 4.69) is 6.92 Å². The SMILES string of the molecule is CCCCCN1CCC(c2cccc(C(F)(F)F)c2)C(COc2ccc3c(c2)OCO3)C1O. The van der Waals surface area contributed by atoms with E-state index >= 15 is 0 Å². The van der Waals surface area contributed by atoms with Gasteiger partial charge < -0.3 is 19.3 Å². The minimum Gasteiger partial charge on any atom is -0.493 e. The number of aliphatic hydroxyl groups excluding tert-OH is 1. The van der Waals surface area contributed by atoms with Gasteiger partial charge in [-0.25, -0.2) is 0 Å². The van der Waals surface area contributed by atoms with E-state index in [4.69, 9.17) is 14.2 Å².